The Labute approximate surface area is 254 Å². The molecular formula is C32H38F2IN3O3. The Morgan fingerprint density at radius 1 is 0.878 bits per heavy atom. The van der Waals surface area contributed by atoms with Gasteiger partial charge in [0.2, 0.25) is 0 Å². The van der Waals surface area contributed by atoms with Crippen LogP contribution in [0.3, 0.4) is 0 Å². The van der Waals surface area contributed by atoms with Crippen LogP contribution in [0.4, 0.5) is 8.78 Å². The predicted octanol–water partition coefficient (Wildman–Crippen LogP) is 5.93. The van der Waals surface area contributed by atoms with Gasteiger partial charge < -0.3 is 20.2 Å². The largest absolute Gasteiger partial charge is 0.390 e. The van der Waals surface area contributed by atoms with Gasteiger partial charge in [0, 0.05) is 60.0 Å². The Kier molecular flexibility index (Phi) is 12.7. The van der Waals surface area contributed by atoms with Crippen molar-refractivity contribution in [2.24, 2.45) is 0 Å². The Balaban J connectivity index is 1.83. The number of rotatable bonds is 14. The molecule has 0 aromatic heterocycles. The van der Waals surface area contributed by atoms with Gasteiger partial charge in [0.05, 0.1) is 6.10 Å². The van der Waals surface area contributed by atoms with E-state index in [1.54, 1.807) is 23.1 Å². The van der Waals surface area contributed by atoms with Gasteiger partial charge in [0.15, 0.2) is 0 Å². The highest BCUT2D eigenvalue weighted by Crippen LogP contribution is 2.18. The van der Waals surface area contributed by atoms with Crippen LogP contribution in [0.2, 0.25) is 0 Å². The summed E-state index contributed by atoms with van der Waals surface area (Å²) in [6.07, 6.45) is 0.684. The molecule has 2 N–H and O–H groups in total. The van der Waals surface area contributed by atoms with Gasteiger partial charge in [-0.1, -0.05) is 26.0 Å². The normalized spacial score (nSPS) is 11.8. The molecule has 220 valence electrons. The third-order valence-corrected chi connectivity index (χ3v) is 7.13. The zero-order valence-corrected chi connectivity index (χ0v) is 26.0. The van der Waals surface area contributed by atoms with E-state index in [1.807, 2.05) is 45.0 Å². The molecule has 1 atom stereocenters. The summed E-state index contributed by atoms with van der Waals surface area (Å²) >= 11 is 2.24. The van der Waals surface area contributed by atoms with Crippen LogP contribution in [0.1, 0.15) is 64.1 Å². The number of aliphatic hydroxyl groups is 1. The van der Waals surface area contributed by atoms with Gasteiger partial charge in [-0.05, 0) is 102 Å². The first-order valence-electron chi connectivity index (χ1n) is 13.9. The van der Waals surface area contributed by atoms with E-state index < -0.39 is 23.6 Å². The van der Waals surface area contributed by atoms with Crippen molar-refractivity contribution in [1.82, 2.24) is 15.1 Å². The van der Waals surface area contributed by atoms with E-state index in [-0.39, 0.29) is 36.7 Å². The minimum absolute atomic E-state index is 0.0781. The molecule has 0 aliphatic rings. The predicted molar refractivity (Wildman–Crippen MR) is 166 cm³/mol. The lowest BCUT2D eigenvalue weighted by molar-refractivity contribution is 0.0603. The van der Waals surface area contributed by atoms with Crippen molar-refractivity contribution in [1.29, 1.82) is 0 Å². The maximum Gasteiger partial charge on any atom is 0.254 e. The van der Waals surface area contributed by atoms with Crippen LogP contribution in [0.15, 0.2) is 60.7 Å². The molecule has 0 fully saturated rings. The van der Waals surface area contributed by atoms with E-state index in [0.717, 1.165) is 33.6 Å². The van der Waals surface area contributed by atoms with Gasteiger partial charge in [-0.3, -0.25) is 9.59 Å². The van der Waals surface area contributed by atoms with Crippen molar-refractivity contribution < 1.29 is 23.5 Å². The Morgan fingerprint density at radius 2 is 1.49 bits per heavy atom. The molecule has 0 radical (unpaired) electrons. The number of amides is 2. The van der Waals surface area contributed by atoms with Crippen molar-refractivity contribution in [3.8, 4) is 0 Å². The van der Waals surface area contributed by atoms with Crippen molar-refractivity contribution in [3.05, 3.63) is 104 Å². The summed E-state index contributed by atoms with van der Waals surface area (Å²) in [5, 5.41) is 14.1. The van der Waals surface area contributed by atoms with Gasteiger partial charge in [-0.25, -0.2) is 8.78 Å². The van der Waals surface area contributed by atoms with Crippen molar-refractivity contribution in [2.45, 2.75) is 52.8 Å². The fourth-order valence-electron chi connectivity index (χ4n) is 4.74. The molecule has 0 spiro atoms. The number of nitrogens with zero attached hydrogens (tertiary/aromatic N) is 2. The second-order valence-corrected chi connectivity index (χ2v) is 11.5. The van der Waals surface area contributed by atoms with Gasteiger partial charge in [0.25, 0.3) is 11.8 Å². The zero-order chi connectivity index (χ0) is 29.9. The molecule has 0 aliphatic heterocycles. The topological polar surface area (TPSA) is 72.9 Å². The van der Waals surface area contributed by atoms with Gasteiger partial charge in [0.1, 0.15) is 11.6 Å². The molecule has 3 aromatic rings. The molecule has 3 aromatic carbocycles. The third-order valence-electron chi connectivity index (χ3n) is 6.46. The highest BCUT2D eigenvalue weighted by atomic mass is 127. The van der Waals surface area contributed by atoms with Crippen LogP contribution in [0.25, 0.3) is 0 Å². The van der Waals surface area contributed by atoms with Crippen LogP contribution in [-0.4, -0.2) is 59.0 Å². The molecule has 0 bridgehead atoms. The van der Waals surface area contributed by atoms with Gasteiger partial charge >= 0.3 is 0 Å². The lowest BCUT2D eigenvalue weighted by Gasteiger charge is -2.27. The quantitative estimate of drug-likeness (QED) is 0.208. The summed E-state index contributed by atoms with van der Waals surface area (Å²) in [5.74, 6) is -2.09. The van der Waals surface area contributed by atoms with Crippen molar-refractivity contribution >= 4 is 34.4 Å². The lowest BCUT2D eigenvalue weighted by atomic mass is 10.0. The summed E-state index contributed by atoms with van der Waals surface area (Å²) in [7, 11) is 0. The first kappa shape index (κ1) is 32.6. The van der Waals surface area contributed by atoms with Crippen molar-refractivity contribution in [2.75, 3.05) is 26.2 Å². The average molecular weight is 678 g/mol. The van der Waals surface area contributed by atoms with E-state index in [4.69, 9.17) is 0 Å². The number of carbonyl (C=O) groups excluding carboxylic acids is 2. The van der Waals surface area contributed by atoms with E-state index in [2.05, 4.69) is 27.9 Å². The molecule has 0 saturated heterocycles. The van der Waals surface area contributed by atoms with Gasteiger partial charge in [-0.15, -0.1) is 0 Å². The number of halogens is 3. The number of nitrogens with one attached hydrogen (secondary N) is 1. The Bertz CT molecular complexity index is 1310. The summed E-state index contributed by atoms with van der Waals surface area (Å²) < 4.78 is 29.0. The first-order chi connectivity index (χ1) is 19.6. The maximum absolute atomic E-state index is 14.0. The molecule has 1 unspecified atom stereocenters. The second kappa shape index (κ2) is 15.9. The molecule has 0 heterocycles. The maximum atomic E-state index is 14.0. The molecule has 6 nitrogen and oxygen atoms in total. The molecule has 0 saturated carbocycles. The van der Waals surface area contributed by atoms with Crippen LogP contribution >= 0.6 is 22.6 Å². The summed E-state index contributed by atoms with van der Waals surface area (Å²) in [6.45, 7) is 7.60. The second-order valence-electron chi connectivity index (χ2n) is 10.3. The van der Waals surface area contributed by atoms with E-state index >= 15 is 0 Å². The average Bonchev–Trinajstić information content (AvgIpc) is 2.91. The number of hydrogen-bond acceptors (Lipinski definition) is 4. The minimum atomic E-state index is -0.948. The highest BCUT2D eigenvalue weighted by Gasteiger charge is 2.23. The molecular weight excluding hydrogens is 639 g/mol. The zero-order valence-electron chi connectivity index (χ0n) is 23.8. The number of hydrogen-bond donors (Lipinski definition) is 2. The molecule has 41 heavy (non-hydrogen) atoms. The van der Waals surface area contributed by atoms with Crippen LogP contribution < -0.4 is 5.32 Å². The van der Waals surface area contributed by atoms with Crippen LogP contribution in [0.5, 0.6) is 0 Å². The van der Waals surface area contributed by atoms with Crippen molar-refractivity contribution in [3.63, 3.8) is 0 Å². The van der Waals surface area contributed by atoms with Gasteiger partial charge in [-0.2, -0.15) is 0 Å². The molecule has 0 aliphatic carbocycles. The van der Waals surface area contributed by atoms with E-state index in [9.17, 15) is 23.5 Å². The highest BCUT2D eigenvalue weighted by molar-refractivity contribution is 14.1. The third kappa shape index (κ3) is 10.2. The van der Waals surface area contributed by atoms with Crippen LogP contribution in [-0.2, 0) is 13.1 Å². The SMILES string of the molecule is CCCN(CCC)C(=O)c1cc(C)cc(C(=O)N(Cc2cc(F)cc(F)c2)CC(O)CNCc2cccc(I)c2)c1. The smallest absolute Gasteiger partial charge is 0.254 e. The summed E-state index contributed by atoms with van der Waals surface area (Å²) in [4.78, 5) is 30.3. The molecule has 9 heteroatoms. The monoisotopic (exact) mass is 677 g/mol. The standard InChI is InChI=1S/C32H38F2IN3O3/c1-4-9-37(10-5-2)31(40)25-11-22(3)12-26(16-25)32(41)38(20-24-13-27(33)17-28(34)14-24)21-30(39)19-36-18-23-7-6-8-29(35)15-23/h6-8,11-17,30,36,39H,4-5,9-10,18-21H2,1-3H3. The Hall–Kier alpha value is -2.89. The van der Waals surface area contributed by atoms with E-state index in [0.29, 0.717) is 25.2 Å². The molecule has 3 rings (SSSR count). The van der Waals surface area contributed by atoms with Crippen LogP contribution in [0, 0.1) is 22.1 Å². The number of aryl methyl sites for hydroxylation is 1. The minimum Gasteiger partial charge on any atom is -0.390 e. The Morgan fingerprint density at radius 3 is 2.07 bits per heavy atom. The number of carbonyl (C=O) groups is 2. The number of benzene rings is 3. The van der Waals surface area contributed by atoms with E-state index in [1.165, 1.54) is 17.0 Å². The first-order valence-corrected chi connectivity index (χ1v) is 15.0. The number of aliphatic hydroxyl groups excluding tert-OH is 1. The summed E-state index contributed by atoms with van der Waals surface area (Å²) in [6, 6.07) is 16.1. The fourth-order valence-corrected chi connectivity index (χ4v) is 5.35. The molecule has 2 amide bonds. The summed E-state index contributed by atoms with van der Waals surface area (Å²) in [5.41, 5.74) is 2.74. The fraction of sp³-hybridized carbons (Fsp3) is 0.375. The lowest BCUT2D eigenvalue weighted by Crippen LogP contribution is -2.41.